The van der Waals surface area contributed by atoms with Gasteiger partial charge < -0.3 is 18.8 Å². The number of methoxy groups -OCH3 is 2. The average molecular weight is 381 g/mol. The van der Waals surface area contributed by atoms with E-state index in [1.165, 1.54) is 22.0 Å². The summed E-state index contributed by atoms with van der Waals surface area (Å²) in [5.41, 5.74) is 2.43. The molecule has 0 saturated carbocycles. The molecule has 1 saturated heterocycles. The lowest BCUT2D eigenvalue weighted by atomic mass is 10.0. The van der Waals surface area contributed by atoms with Crippen LogP contribution in [0.15, 0.2) is 48.9 Å². The van der Waals surface area contributed by atoms with Gasteiger partial charge >= 0.3 is 0 Å². The molecule has 0 N–H and O–H groups in total. The monoisotopic (exact) mass is 381 g/mol. The van der Waals surface area contributed by atoms with Gasteiger partial charge in [-0.2, -0.15) is 0 Å². The highest BCUT2D eigenvalue weighted by atomic mass is 16.5. The maximum atomic E-state index is 6.09. The van der Waals surface area contributed by atoms with Crippen molar-refractivity contribution >= 4 is 10.8 Å². The molecule has 1 aliphatic heterocycles. The van der Waals surface area contributed by atoms with Gasteiger partial charge in [0.25, 0.3) is 0 Å². The second kappa shape index (κ2) is 8.73. The first kappa shape index (κ1) is 18.9. The molecule has 0 unspecified atom stereocenters. The first-order valence-electron chi connectivity index (χ1n) is 9.66. The molecule has 0 bridgehead atoms. The molecule has 2 aromatic carbocycles. The molecule has 1 atom stereocenters. The number of morpholine rings is 1. The number of hydrogen-bond acceptors (Lipinski definition) is 5. The second-order valence-corrected chi connectivity index (χ2v) is 7.14. The summed E-state index contributed by atoms with van der Waals surface area (Å²) in [5, 5.41) is 2.38. The molecular weight excluding hydrogens is 354 g/mol. The fraction of sp³-hybridized carbons (Fsp3) is 0.409. The van der Waals surface area contributed by atoms with E-state index in [1.807, 2.05) is 18.6 Å². The van der Waals surface area contributed by atoms with Crippen LogP contribution in [0, 0.1) is 0 Å². The lowest BCUT2D eigenvalue weighted by Gasteiger charge is -2.33. The third kappa shape index (κ3) is 4.19. The SMILES string of the molecule is COCCn1cncc1CN1CCO[C@H](c2ccc3cc(OC)ccc3c2)C1. The van der Waals surface area contributed by atoms with Gasteiger partial charge in [0.15, 0.2) is 0 Å². The topological polar surface area (TPSA) is 48.8 Å². The normalized spacial score (nSPS) is 17.9. The zero-order valence-electron chi connectivity index (χ0n) is 16.5. The molecule has 0 radical (unpaired) electrons. The first-order valence-corrected chi connectivity index (χ1v) is 9.66. The molecule has 28 heavy (non-hydrogen) atoms. The molecule has 6 heteroatoms. The maximum Gasteiger partial charge on any atom is 0.119 e. The summed E-state index contributed by atoms with van der Waals surface area (Å²) >= 11 is 0. The smallest absolute Gasteiger partial charge is 0.119 e. The fourth-order valence-corrected chi connectivity index (χ4v) is 3.72. The largest absolute Gasteiger partial charge is 0.497 e. The van der Waals surface area contributed by atoms with Crippen molar-refractivity contribution in [1.82, 2.24) is 14.5 Å². The van der Waals surface area contributed by atoms with Crippen LogP contribution in [-0.4, -0.2) is 55.0 Å². The summed E-state index contributed by atoms with van der Waals surface area (Å²) in [7, 11) is 3.42. The van der Waals surface area contributed by atoms with Gasteiger partial charge in [-0.1, -0.05) is 18.2 Å². The van der Waals surface area contributed by atoms with Gasteiger partial charge in [-0.3, -0.25) is 4.90 Å². The Balaban J connectivity index is 1.46. The first-order chi connectivity index (χ1) is 13.8. The van der Waals surface area contributed by atoms with E-state index < -0.39 is 0 Å². The van der Waals surface area contributed by atoms with Crippen molar-refractivity contribution in [3.8, 4) is 5.75 Å². The van der Waals surface area contributed by atoms with Gasteiger partial charge in [-0.25, -0.2) is 4.98 Å². The van der Waals surface area contributed by atoms with Crippen LogP contribution < -0.4 is 4.74 Å². The number of benzene rings is 2. The van der Waals surface area contributed by atoms with Gasteiger partial charge in [0.05, 0.1) is 38.4 Å². The number of ether oxygens (including phenoxy) is 3. The lowest BCUT2D eigenvalue weighted by Crippen LogP contribution is -2.38. The Labute approximate surface area is 165 Å². The minimum atomic E-state index is 0.0793. The Kier molecular flexibility index (Phi) is 5.90. The second-order valence-electron chi connectivity index (χ2n) is 7.14. The molecule has 3 aromatic rings. The maximum absolute atomic E-state index is 6.09. The van der Waals surface area contributed by atoms with Gasteiger partial charge in [0.2, 0.25) is 0 Å². The van der Waals surface area contributed by atoms with Crippen LogP contribution in [0.25, 0.3) is 10.8 Å². The predicted octanol–water partition coefficient (Wildman–Crippen LogP) is 3.26. The Hall–Kier alpha value is -2.41. The molecule has 2 heterocycles. The number of aromatic nitrogens is 2. The van der Waals surface area contributed by atoms with Crippen LogP contribution >= 0.6 is 0 Å². The number of rotatable bonds is 7. The summed E-state index contributed by atoms with van der Waals surface area (Å²) < 4.78 is 18.8. The van der Waals surface area contributed by atoms with Crippen molar-refractivity contribution in [3.05, 3.63) is 60.2 Å². The van der Waals surface area contributed by atoms with Crippen molar-refractivity contribution in [2.45, 2.75) is 19.2 Å². The van der Waals surface area contributed by atoms with Gasteiger partial charge in [-0.15, -0.1) is 0 Å². The summed E-state index contributed by atoms with van der Waals surface area (Å²) in [5.74, 6) is 0.880. The van der Waals surface area contributed by atoms with Crippen LogP contribution in [0.1, 0.15) is 17.4 Å². The zero-order valence-corrected chi connectivity index (χ0v) is 16.5. The molecule has 0 amide bonds. The Morgan fingerprint density at radius 1 is 1.14 bits per heavy atom. The van der Waals surface area contributed by atoms with Crippen molar-refractivity contribution in [2.24, 2.45) is 0 Å². The van der Waals surface area contributed by atoms with E-state index in [1.54, 1.807) is 14.2 Å². The van der Waals surface area contributed by atoms with Crippen molar-refractivity contribution in [3.63, 3.8) is 0 Å². The van der Waals surface area contributed by atoms with E-state index in [9.17, 15) is 0 Å². The quantitative estimate of drug-likeness (QED) is 0.629. The van der Waals surface area contributed by atoms with Crippen LogP contribution in [0.5, 0.6) is 5.75 Å². The molecule has 148 valence electrons. The molecule has 4 rings (SSSR count). The molecule has 6 nitrogen and oxygen atoms in total. The highest BCUT2D eigenvalue weighted by Crippen LogP contribution is 2.28. The molecule has 1 aromatic heterocycles. The summed E-state index contributed by atoms with van der Waals surface area (Å²) in [6, 6.07) is 12.7. The third-order valence-electron chi connectivity index (χ3n) is 5.31. The molecule has 1 fully saturated rings. The van der Waals surface area contributed by atoms with Crippen molar-refractivity contribution < 1.29 is 14.2 Å². The minimum Gasteiger partial charge on any atom is -0.497 e. The number of imidazole rings is 1. The van der Waals surface area contributed by atoms with E-state index in [2.05, 4.69) is 44.8 Å². The van der Waals surface area contributed by atoms with E-state index in [0.717, 1.165) is 38.5 Å². The number of nitrogens with zero attached hydrogens (tertiary/aromatic N) is 3. The van der Waals surface area contributed by atoms with E-state index in [4.69, 9.17) is 14.2 Å². The van der Waals surface area contributed by atoms with Crippen molar-refractivity contribution in [1.29, 1.82) is 0 Å². The van der Waals surface area contributed by atoms with Crippen LogP contribution in [0.3, 0.4) is 0 Å². The summed E-state index contributed by atoms with van der Waals surface area (Å²) in [6.45, 7) is 4.92. The standard InChI is InChI=1S/C22H27N3O3/c1-26-9-8-25-16-23-13-20(25)14-24-7-10-28-22(15-24)19-4-3-18-12-21(27-2)6-5-17(18)11-19/h3-6,11-13,16,22H,7-10,14-15H2,1-2H3/t22-/m0/s1. The average Bonchev–Trinajstić information content (AvgIpc) is 3.18. The third-order valence-corrected chi connectivity index (χ3v) is 5.31. The Morgan fingerprint density at radius 3 is 2.86 bits per heavy atom. The fourth-order valence-electron chi connectivity index (χ4n) is 3.72. The van der Waals surface area contributed by atoms with E-state index in [-0.39, 0.29) is 6.10 Å². The summed E-state index contributed by atoms with van der Waals surface area (Å²) in [4.78, 5) is 6.74. The summed E-state index contributed by atoms with van der Waals surface area (Å²) in [6.07, 6.45) is 3.91. The van der Waals surface area contributed by atoms with Crippen LogP contribution in [0.4, 0.5) is 0 Å². The Morgan fingerprint density at radius 2 is 2.00 bits per heavy atom. The highest BCUT2D eigenvalue weighted by Gasteiger charge is 2.23. The molecular formula is C22H27N3O3. The van der Waals surface area contributed by atoms with Gasteiger partial charge in [-0.05, 0) is 34.5 Å². The van der Waals surface area contributed by atoms with Crippen molar-refractivity contribution in [2.75, 3.05) is 40.5 Å². The van der Waals surface area contributed by atoms with Crippen LogP contribution in [-0.2, 0) is 22.6 Å². The zero-order chi connectivity index (χ0) is 19.3. The molecule has 0 aliphatic carbocycles. The van der Waals surface area contributed by atoms with E-state index >= 15 is 0 Å². The van der Waals surface area contributed by atoms with Gasteiger partial charge in [0, 0.05) is 39.5 Å². The lowest BCUT2D eigenvalue weighted by molar-refractivity contribution is -0.0335. The van der Waals surface area contributed by atoms with E-state index in [0.29, 0.717) is 6.61 Å². The number of fused-ring (bicyclic) bond motifs is 1. The Bertz CT molecular complexity index is 924. The molecule has 1 aliphatic rings. The number of hydrogen-bond donors (Lipinski definition) is 0. The highest BCUT2D eigenvalue weighted by molar-refractivity contribution is 5.84. The van der Waals surface area contributed by atoms with Crippen LogP contribution in [0.2, 0.25) is 0 Å². The van der Waals surface area contributed by atoms with Gasteiger partial charge in [0.1, 0.15) is 5.75 Å². The minimum absolute atomic E-state index is 0.0793. The molecule has 0 spiro atoms. The predicted molar refractivity (Wildman–Crippen MR) is 109 cm³/mol.